The summed E-state index contributed by atoms with van der Waals surface area (Å²) >= 11 is 1.77. The van der Waals surface area contributed by atoms with Crippen LogP contribution in [0.4, 0.5) is 0 Å². The molecule has 0 spiro atoms. The third-order valence-corrected chi connectivity index (χ3v) is 4.45. The standard InChI is InChI=1S/C14H19N3OS/c1-10-8-17(6-5-15-10)9-14-16-12-4-3-11(18-2)7-13(12)19-14/h3-4,7,10,15H,5-6,8-9H2,1-2H3/t10-/m1/s1. The van der Waals surface area contributed by atoms with Crippen molar-refractivity contribution in [2.45, 2.75) is 19.5 Å². The molecule has 1 saturated heterocycles. The lowest BCUT2D eigenvalue weighted by Gasteiger charge is -2.31. The first-order valence-corrected chi connectivity index (χ1v) is 7.45. The summed E-state index contributed by atoms with van der Waals surface area (Å²) in [4.78, 5) is 7.18. The number of methoxy groups -OCH3 is 1. The Morgan fingerprint density at radius 2 is 2.42 bits per heavy atom. The Hall–Kier alpha value is -1.17. The second kappa shape index (κ2) is 5.45. The van der Waals surface area contributed by atoms with E-state index in [1.165, 1.54) is 9.71 Å². The molecule has 1 aromatic carbocycles. The smallest absolute Gasteiger partial charge is 0.120 e. The van der Waals surface area contributed by atoms with Gasteiger partial charge >= 0.3 is 0 Å². The molecule has 19 heavy (non-hydrogen) atoms. The second-order valence-corrected chi connectivity index (χ2v) is 6.15. The highest BCUT2D eigenvalue weighted by Gasteiger charge is 2.17. The predicted molar refractivity (Wildman–Crippen MR) is 78.9 cm³/mol. The van der Waals surface area contributed by atoms with Crippen molar-refractivity contribution in [3.05, 3.63) is 23.2 Å². The van der Waals surface area contributed by atoms with Gasteiger partial charge in [-0.05, 0) is 25.1 Å². The van der Waals surface area contributed by atoms with Crippen molar-refractivity contribution < 1.29 is 4.74 Å². The van der Waals surface area contributed by atoms with Crippen LogP contribution in [0.25, 0.3) is 10.2 Å². The first kappa shape index (κ1) is 12.8. The van der Waals surface area contributed by atoms with Crippen LogP contribution < -0.4 is 10.1 Å². The summed E-state index contributed by atoms with van der Waals surface area (Å²) in [5.41, 5.74) is 1.07. The molecule has 0 aliphatic carbocycles. The van der Waals surface area contributed by atoms with Crippen molar-refractivity contribution in [3.63, 3.8) is 0 Å². The van der Waals surface area contributed by atoms with E-state index in [1.54, 1.807) is 18.4 Å². The van der Waals surface area contributed by atoms with Crippen molar-refractivity contribution in [1.82, 2.24) is 15.2 Å². The number of nitrogens with one attached hydrogen (secondary N) is 1. The highest BCUT2D eigenvalue weighted by atomic mass is 32.1. The Bertz CT molecular complexity index is 569. The molecule has 102 valence electrons. The van der Waals surface area contributed by atoms with Crippen LogP contribution in [0.1, 0.15) is 11.9 Å². The molecule has 1 aromatic heterocycles. The van der Waals surface area contributed by atoms with E-state index in [4.69, 9.17) is 9.72 Å². The molecule has 2 aromatic rings. The molecule has 1 aliphatic rings. The molecule has 1 aliphatic heterocycles. The van der Waals surface area contributed by atoms with Crippen LogP contribution in [0, 0.1) is 0 Å². The number of hydrogen-bond acceptors (Lipinski definition) is 5. The molecule has 2 heterocycles. The van der Waals surface area contributed by atoms with Gasteiger partial charge in [0.2, 0.25) is 0 Å². The lowest BCUT2D eigenvalue weighted by Crippen LogP contribution is -2.48. The lowest BCUT2D eigenvalue weighted by atomic mass is 10.2. The molecule has 0 saturated carbocycles. The number of hydrogen-bond donors (Lipinski definition) is 1. The summed E-state index contributed by atoms with van der Waals surface area (Å²) in [6.45, 7) is 6.45. The number of piperazine rings is 1. The molecule has 0 radical (unpaired) electrons. The number of fused-ring (bicyclic) bond motifs is 1. The summed E-state index contributed by atoms with van der Waals surface area (Å²) in [6, 6.07) is 6.65. The molecule has 0 bridgehead atoms. The van der Waals surface area contributed by atoms with Gasteiger partial charge in [-0.15, -0.1) is 11.3 Å². The Morgan fingerprint density at radius 3 is 3.21 bits per heavy atom. The topological polar surface area (TPSA) is 37.4 Å². The van der Waals surface area contributed by atoms with Gasteiger partial charge < -0.3 is 10.1 Å². The van der Waals surface area contributed by atoms with Crippen LogP contribution in [0.5, 0.6) is 5.75 Å². The van der Waals surface area contributed by atoms with Gasteiger partial charge in [-0.2, -0.15) is 0 Å². The minimum absolute atomic E-state index is 0.572. The quantitative estimate of drug-likeness (QED) is 0.932. The third kappa shape index (κ3) is 2.88. The fraction of sp³-hybridized carbons (Fsp3) is 0.500. The number of benzene rings is 1. The summed E-state index contributed by atoms with van der Waals surface area (Å²) in [7, 11) is 1.70. The fourth-order valence-corrected chi connectivity index (χ4v) is 3.53. The maximum absolute atomic E-state index is 5.26. The molecule has 0 unspecified atom stereocenters. The fourth-order valence-electron chi connectivity index (χ4n) is 2.49. The van der Waals surface area contributed by atoms with E-state index in [9.17, 15) is 0 Å². The van der Waals surface area contributed by atoms with Gasteiger partial charge in [-0.1, -0.05) is 0 Å². The normalized spacial score (nSPS) is 20.8. The van der Waals surface area contributed by atoms with E-state index in [-0.39, 0.29) is 0 Å². The van der Waals surface area contributed by atoms with E-state index in [1.807, 2.05) is 12.1 Å². The Morgan fingerprint density at radius 1 is 1.53 bits per heavy atom. The number of aromatic nitrogens is 1. The monoisotopic (exact) mass is 277 g/mol. The number of ether oxygens (including phenoxy) is 1. The van der Waals surface area contributed by atoms with Crippen LogP contribution >= 0.6 is 11.3 Å². The summed E-state index contributed by atoms with van der Waals surface area (Å²) in [5.74, 6) is 0.901. The van der Waals surface area contributed by atoms with E-state index in [0.29, 0.717) is 6.04 Å². The predicted octanol–water partition coefficient (Wildman–Crippen LogP) is 2.10. The maximum atomic E-state index is 5.26. The van der Waals surface area contributed by atoms with Gasteiger partial charge in [0.05, 0.1) is 23.9 Å². The van der Waals surface area contributed by atoms with Gasteiger partial charge in [0.15, 0.2) is 0 Å². The van der Waals surface area contributed by atoms with Crippen LogP contribution in [0.15, 0.2) is 18.2 Å². The number of rotatable bonds is 3. The van der Waals surface area contributed by atoms with Gasteiger partial charge in [-0.3, -0.25) is 4.90 Å². The molecule has 5 heteroatoms. The molecular formula is C14H19N3OS. The van der Waals surface area contributed by atoms with Crippen LogP contribution in [0.2, 0.25) is 0 Å². The average Bonchev–Trinajstić information content (AvgIpc) is 2.79. The van der Waals surface area contributed by atoms with Gasteiger partial charge in [-0.25, -0.2) is 4.98 Å². The van der Waals surface area contributed by atoms with Crippen LogP contribution in [0.3, 0.4) is 0 Å². The minimum atomic E-state index is 0.572. The molecule has 1 fully saturated rings. The van der Waals surface area contributed by atoms with Crippen molar-refractivity contribution in [3.8, 4) is 5.75 Å². The summed E-state index contributed by atoms with van der Waals surface area (Å²) < 4.78 is 6.46. The highest BCUT2D eigenvalue weighted by Crippen LogP contribution is 2.27. The summed E-state index contributed by atoms with van der Waals surface area (Å²) in [6.07, 6.45) is 0. The first-order chi connectivity index (χ1) is 9.24. The van der Waals surface area contributed by atoms with E-state index in [2.05, 4.69) is 23.2 Å². The number of thiazole rings is 1. The second-order valence-electron chi connectivity index (χ2n) is 5.03. The van der Waals surface area contributed by atoms with Crippen molar-refractivity contribution in [1.29, 1.82) is 0 Å². The first-order valence-electron chi connectivity index (χ1n) is 6.64. The van der Waals surface area contributed by atoms with E-state index >= 15 is 0 Å². The van der Waals surface area contributed by atoms with Crippen molar-refractivity contribution in [2.75, 3.05) is 26.7 Å². The molecule has 1 atom stereocenters. The Labute approximate surface area is 117 Å². The van der Waals surface area contributed by atoms with E-state index < -0.39 is 0 Å². The van der Waals surface area contributed by atoms with Crippen molar-refractivity contribution >= 4 is 21.6 Å². The maximum Gasteiger partial charge on any atom is 0.120 e. The molecule has 3 rings (SSSR count). The third-order valence-electron chi connectivity index (χ3n) is 3.45. The Balaban J connectivity index is 1.77. The van der Waals surface area contributed by atoms with Gasteiger partial charge in [0, 0.05) is 25.7 Å². The summed E-state index contributed by atoms with van der Waals surface area (Å²) in [5, 5.41) is 4.66. The zero-order chi connectivity index (χ0) is 13.2. The van der Waals surface area contributed by atoms with Crippen molar-refractivity contribution in [2.24, 2.45) is 0 Å². The van der Waals surface area contributed by atoms with E-state index in [0.717, 1.165) is 37.4 Å². The minimum Gasteiger partial charge on any atom is -0.497 e. The SMILES string of the molecule is COc1ccc2nc(CN3CCN[C@H](C)C3)sc2c1. The molecular weight excluding hydrogens is 258 g/mol. The highest BCUT2D eigenvalue weighted by molar-refractivity contribution is 7.18. The molecule has 0 amide bonds. The largest absolute Gasteiger partial charge is 0.497 e. The lowest BCUT2D eigenvalue weighted by molar-refractivity contribution is 0.199. The Kier molecular flexibility index (Phi) is 3.68. The zero-order valence-electron chi connectivity index (χ0n) is 11.3. The van der Waals surface area contributed by atoms with Gasteiger partial charge in [0.25, 0.3) is 0 Å². The number of nitrogens with zero attached hydrogens (tertiary/aromatic N) is 2. The molecule has 4 nitrogen and oxygen atoms in total. The van der Waals surface area contributed by atoms with Crippen LogP contribution in [-0.2, 0) is 6.54 Å². The average molecular weight is 277 g/mol. The zero-order valence-corrected chi connectivity index (χ0v) is 12.2. The van der Waals surface area contributed by atoms with Gasteiger partial charge in [0.1, 0.15) is 10.8 Å². The molecule has 1 N–H and O–H groups in total. The van der Waals surface area contributed by atoms with Crippen LogP contribution in [-0.4, -0.2) is 42.7 Å².